The fourth-order valence-corrected chi connectivity index (χ4v) is 3.17. The summed E-state index contributed by atoms with van der Waals surface area (Å²) in [5.74, 6) is -0.765. The van der Waals surface area contributed by atoms with Gasteiger partial charge in [0.2, 0.25) is 0 Å². The number of halogens is 2. The van der Waals surface area contributed by atoms with Crippen molar-refractivity contribution in [3.8, 4) is 0 Å². The molecule has 0 saturated carbocycles. The Balaban J connectivity index is 1.74. The fourth-order valence-electron chi connectivity index (χ4n) is 2.99. The first kappa shape index (κ1) is 18.3. The number of hydrogen-bond acceptors (Lipinski definition) is 3. The predicted octanol–water partition coefficient (Wildman–Crippen LogP) is 4.00. The Kier molecular flexibility index (Phi) is 5.52. The number of hydrogen-bond donors (Lipinski definition) is 1. The minimum atomic E-state index is -0.564. The van der Waals surface area contributed by atoms with Crippen LogP contribution in [0.1, 0.15) is 40.7 Å². The van der Waals surface area contributed by atoms with Gasteiger partial charge in [0.1, 0.15) is 17.2 Å². The smallest absolute Gasteiger partial charge is 0.274 e. The Morgan fingerprint density at radius 3 is 2.77 bits per heavy atom. The van der Waals surface area contributed by atoms with Crippen LogP contribution < -0.4 is 5.32 Å². The summed E-state index contributed by atoms with van der Waals surface area (Å²) in [5.41, 5.74) is 0.704. The van der Waals surface area contributed by atoms with Crippen molar-refractivity contribution in [2.24, 2.45) is 5.92 Å². The minimum absolute atomic E-state index is 0.0843. The van der Waals surface area contributed by atoms with Crippen LogP contribution in [-0.2, 0) is 0 Å². The van der Waals surface area contributed by atoms with E-state index in [1.165, 1.54) is 24.3 Å². The summed E-state index contributed by atoms with van der Waals surface area (Å²) in [4.78, 5) is 31.0. The number of benzene rings is 1. The summed E-state index contributed by atoms with van der Waals surface area (Å²) in [6.45, 7) is 3.52. The molecule has 5 nitrogen and oxygen atoms in total. The lowest BCUT2D eigenvalue weighted by atomic mass is 10.00. The van der Waals surface area contributed by atoms with Gasteiger partial charge in [-0.15, -0.1) is 0 Å². The van der Waals surface area contributed by atoms with E-state index in [-0.39, 0.29) is 22.3 Å². The van der Waals surface area contributed by atoms with Crippen molar-refractivity contribution in [1.82, 2.24) is 9.88 Å². The monoisotopic (exact) mass is 375 g/mol. The molecule has 136 valence electrons. The number of rotatable bonds is 3. The number of carbonyl (C=O) groups is 2. The molecule has 1 aromatic heterocycles. The van der Waals surface area contributed by atoms with Gasteiger partial charge in [-0.05, 0) is 49.1 Å². The highest BCUT2D eigenvalue weighted by Gasteiger charge is 2.23. The van der Waals surface area contributed by atoms with Gasteiger partial charge in [-0.2, -0.15) is 0 Å². The molecule has 1 unspecified atom stereocenters. The molecule has 1 atom stereocenters. The maximum atomic E-state index is 13.2. The molecule has 0 radical (unpaired) electrons. The third-order valence-electron chi connectivity index (χ3n) is 4.32. The quantitative estimate of drug-likeness (QED) is 0.882. The van der Waals surface area contributed by atoms with Crippen molar-refractivity contribution in [3.05, 3.63) is 58.6 Å². The van der Waals surface area contributed by atoms with E-state index in [1.54, 1.807) is 17.0 Å². The van der Waals surface area contributed by atoms with E-state index >= 15 is 0 Å². The molecule has 1 aliphatic rings. The molecule has 2 heterocycles. The number of amides is 2. The Hall–Kier alpha value is -2.47. The number of piperidine rings is 1. The summed E-state index contributed by atoms with van der Waals surface area (Å²) in [5, 5.41) is 2.52. The molecule has 1 N–H and O–H groups in total. The Morgan fingerprint density at radius 2 is 2.04 bits per heavy atom. The van der Waals surface area contributed by atoms with Gasteiger partial charge in [-0.25, -0.2) is 9.37 Å². The maximum absolute atomic E-state index is 13.2. The molecule has 0 aliphatic carbocycles. The average Bonchev–Trinajstić information content (AvgIpc) is 2.64. The van der Waals surface area contributed by atoms with Crippen LogP contribution in [0.25, 0.3) is 0 Å². The van der Waals surface area contributed by atoms with E-state index in [1.807, 2.05) is 0 Å². The van der Waals surface area contributed by atoms with Crippen molar-refractivity contribution >= 4 is 29.1 Å². The van der Waals surface area contributed by atoms with Crippen LogP contribution in [0.5, 0.6) is 0 Å². The molecule has 0 spiro atoms. The van der Waals surface area contributed by atoms with Crippen molar-refractivity contribution in [2.45, 2.75) is 19.8 Å². The van der Waals surface area contributed by atoms with Crippen molar-refractivity contribution in [3.63, 3.8) is 0 Å². The van der Waals surface area contributed by atoms with Gasteiger partial charge in [0.05, 0.1) is 5.02 Å². The second-order valence-electron chi connectivity index (χ2n) is 6.49. The number of anilines is 1. The second kappa shape index (κ2) is 7.83. The molecule has 1 saturated heterocycles. The van der Waals surface area contributed by atoms with Gasteiger partial charge in [0.25, 0.3) is 11.8 Å². The molecule has 1 aromatic carbocycles. The van der Waals surface area contributed by atoms with Crippen LogP contribution in [0.15, 0.2) is 36.4 Å². The van der Waals surface area contributed by atoms with Gasteiger partial charge < -0.3 is 10.2 Å². The number of nitrogens with zero attached hydrogens (tertiary/aromatic N) is 2. The topological polar surface area (TPSA) is 62.3 Å². The first-order chi connectivity index (χ1) is 12.4. The molecule has 2 aromatic rings. The summed E-state index contributed by atoms with van der Waals surface area (Å²) in [6, 6.07) is 8.65. The summed E-state index contributed by atoms with van der Waals surface area (Å²) in [7, 11) is 0. The van der Waals surface area contributed by atoms with Crippen LogP contribution in [0.3, 0.4) is 0 Å². The molecule has 26 heavy (non-hydrogen) atoms. The van der Waals surface area contributed by atoms with E-state index in [0.717, 1.165) is 12.8 Å². The maximum Gasteiger partial charge on any atom is 0.274 e. The number of carbonyl (C=O) groups excluding carboxylic acids is 2. The van der Waals surface area contributed by atoms with E-state index < -0.39 is 11.7 Å². The SMILES string of the molecule is CC1CCCN(C(=O)c2cccc(C(=O)Nc3ccc(F)c(Cl)c3)n2)C1. The van der Waals surface area contributed by atoms with Crippen molar-refractivity contribution in [2.75, 3.05) is 18.4 Å². The first-order valence-electron chi connectivity index (χ1n) is 8.47. The van der Waals surface area contributed by atoms with E-state index in [2.05, 4.69) is 17.2 Å². The zero-order valence-electron chi connectivity index (χ0n) is 14.3. The van der Waals surface area contributed by atoms with Gasteiger partial charge in [-0.1, -0.05) is 24.6 Å². The predicted molar refractivity (Wildman–Crippen MR) is 97.9 cm³/mol. The highest BCUT2D eigenvalue weighted by atomic mass is 35.5. The van der Waals surface area contributed by atoms with E-state index in [0.29, 0.717) is 24.7 Å². The van der Waals surface area contributed by atoms with Crippen molar-refractivity contribution < 1.29 is 14.0 Å². The van der Waals surface area contributed by atoms with Crippen LogP contribution in [0.4, 0.5) is 10.1 Å². The first-order valence-corrected chi connectivity index (χ1v) is 8.84. The normalized spacial score (nSPS) is 17.0. The highest BCUT2D eigenvalue weighted by molar-refractivity contribution is 6.31. The summed E-state index contributed by atoms with van der Waals surface area (Å²) >= 11 is 5.72. The summed E-state index contributed by atoms with van der Waals surface area (Å²) in [6.07, 6.45) is 2.08. The lowest BCUT2D eigenvalue weighted by Crippen LogP contribution is -2.39. The third-order valence-corrected chi connectivity index (χ3v) is 4.61. The van der Waals surface area contributed by atoms with E-state index in [4.69, 9.17) is 11.6 Å². The Labute approximate surface area is 156 Å². The fraction of sp³-hybridized carbons (Fsp3) is 0.316. The Morgan fingerprint density at radius 1 is 1.27 bits per heavy atom. The molecule has 7 heteroatoms. The number of likely N-dealkylation sites (tertiary alicyclic amines) is 1. The zero-order chi connectivity index (χ0) is 18.7. The molecule has 2 amide bonds. The number of nitrogens with one attached hydrogen (secondary N) is 1. The molecule has 3 rings (SSSR count). The lowest BCUT2D eigenvalue weighted by Gasteiger charge is -2.30. The van der Waals surface area contributed by atoms with Crippen molar-refractivity contribution in [1.29, 1.82) is 0 Å². The van der Waals surface area contributed by atoms with Crippen LogP contribution in [0.2, 0.25) is 5.02 Å². The van der Waals surface area contributed by atoms with Gasteiger partial charge in [-0.3, -0.25) is 9.59 Å². The number of pyridine rings is 1. The highest BCUT2D eigenvalue weighted by Crippen LogP contribution is 2.20. The lowest BCUT2D eigenvalue weighted by molar-refractivity contribution is 0.0677. The van der Waals surface area contributed by atoms with Crippen LogP contribution in [0, 0.1) is 11.7 Å². The van der Waals surface area contributed by atoms with Crippen LogP contribution >= 0.6 is 11.6 Å². The molecule has 1 fully saturated rings. The summed E-state index contributed by atoms with van der Waals surface area (Å²) < 4.78 is 13.2. The van der Waals surface area contributed by atoms with Gasteiger partial charge in [0, 0.05) is 18.8 Å². The van der Waals surface area contributed by atoms with Gasteiger partial charge in [0.15, 0.2) is 0 Å². The Bertz CT molecular complexity index is 843. The van der Waals surface area contributed by atoms with Gasteiger partial charge >= 0.3 is 0 Å². The van der Waals surface area contributed by atoms with Crippen LogP contribution in [-0.4, -0.2) is 34.8 Å². The number of aromatic nitrogens is 1. The largest absolute Gasteiger partial charge is 0.337 e. The minimum Gasteiger partial charge on any atom is -0.337 e. The second-order valence-corrected chi connectivity index (χ2v) is 6.90. The molecule has 1 aliphatic heterocycles. The zero-order valence-corrected chi connectivity index (χ0v) is 15.1. The van der Waals surface area contributed by atoms with E-state index in [9.17, 15) is 14.0 Å². The third kappa shape index (κ3) is 4.19. The molecular formula is C19H19ClFN3O2. The average molecular weight is 376 g/mol. The molecular weight excluding hydrogens is 357 g/mol. The molecule has 0 bridgehead atoms. The standard InChI is InChI=1S/C19H19ClFN3O2/c1-12-4-3-9-24(11-12)19(26)17-6-2-5-16(23-17)18(25)22-13-7-8-15(21)14(20)10-13/h2,5-8,10,12H,3-4,9,11H2,1H3,(H,22,25).